The van der Waals surface area contributed by atoms with E-state index in [1.165, 1.54) is 5.69 Å². The van der Waals surface area contributed by atoms with Crippen LogP contribution in [0.3, 0.4) is 0 Å². The van der Waals surface area contributed by atoms with Crippen molar-refractivity contribution in [1.29, 1.82) is 0 Å². The molecule has 1 aromatic heterocycles. The van der Waals surface area contributed by atoms with Gasteiger partial charge in [-0.25, -0.2) is 0 Å². The van der Waals surface area contributed by atoms with E-state index in [1.807, 2.05) is 25.1 Å². The zero-order chi connectivity index (χ0) is 16.1. The molecule has 0 bridgehead atoms. The molecule has 6 heteroatoms. The van der Waals surface area contributed by atoms with Crippen molar-refractivity contribution in [3.8, 4) is 0 Å². The topological polar surface area (TPSA) is 47.2 Å². The summed E-state index contributed by atoms with van der Waals surface area (Å²) in [6.45, 7) is 9.21. The van der Waals surface area contributed by atoms with E-state index in [-0.39, 0.29) is 0 Å². The quantitative estimate of drug-likeness (QED) is 0.796. The van der Waals surface area contributed by atoms with Crippen molar-refractivity contribution in [2.75, 3.05) is 44.2 Å². The predicted octanol–water partition coefficient (Wildman–Crippen LogP) is 2.28. The van der Waals surface area contributed by atoms with Gasteiger partial charge in [0.05, 0.1) is 5.69 Å². The smallest absolute Gasteiger partial charge is 0.0762 e. The highest BCUT2D eigenvalue weighted by Gasteiger charge is 2.16. The Labute approximate surface area is 142 Å². The third-order valence-corrected chi connectivity index (χ3v) is 4.45. The van der Waals surface area contributed by atoms with Crippen molar-refractivity contribution < 1.29 is 0 Å². The van der Waals surface area contributed by atoms with Gasteiger partial charge in [0.25, 0.3) is 0 Å². The van der Waals surface area contributed by atoms with Crippen molar-refractivity contribution in [3.63, 3.8) is 0 Å². The predicted molar refractivity (Wildman–Crippen MR) is 95.1 cm³/mol. The fourth-order valence-electron chi connectivity index (χ4n) is 2.92. The molecule has 5 nitrogen and oxygen atoms in total. The Bertz CT molecular complexity index is 619. The first-order valence-electron chi connectivity index (χ1n) is 8.15. The van der Waals surface area contributed by atoms with E-state index >= 15 is 0 Å². The van der Waals surface area contributed by atoms with Crippen molar-refractivity contribution in [2.24, 2.45) is 0 Å². The maximum absolute atomic E-state index is 6.08. The molecule has 0 unspecified atom stereocenters. The second-order valence-electron chi connectivity index (χ2n) is 6.03. The average Bonchev–Trinajstić information content (AvgIpc) is 2.98. The van der Waals surface area contributed by atoms with E-state index in [1.54, 1.807) is 0 Å². The van der Waals surface area contributed by atoms with Crippen LogP contribution in [0.15, 0.2) is 30.3 Å². The third kappa shape index (κ3) is 4.70. The summed E-state index contributed by atoms with van der Waals surface area (Å²) in [5, 5.41) is 11.5. The number of aryl methyl sites for hydroxylation is 1. The molecule has 1 saturated heterocycles. The molecule has 1 aliphatic heterocycles. The van der Waals surface area contributed by atoms with Gasteiger partial charge in [-0.2, -0.15) is 5.10 Å². The van der Waals surface area contributed by atoms with Crippen molar-refractivity contribution in [1.82, 2.24) is 20.4 Å². The highest BCUT2D eigenvalue weighted by Crippen LogP contribution is 2.20. The number of halogens is 1. The van der Waals surface area contributed by atoms with Crippen molar-refractivity contribution >= 4 is 17.3 Å². The lowest BCUT2D eigenvalue weighted by Gasteiger charge is -2.36. The molecule has 124 valence electrons. The first-order valence-corrected chi connectivity index (χ1v) is 8.53. The van der Waals surface area contributed by atoms with Crippen LogP contribution in [0.2, 0.25) is 5.02 Å². The highest BCUT2D eigenvalue weighted by atomic mass is 35.5. The second kappa shape index (κ2) is 7.81. The molecule has 0 saturated carbocycles. The Morgan fingerprint density at radius 3 is 2.74 bits per heavy atom. The molecule has 1 fully saturated rings. The van der Waals surface area contributed by atoms with E-state index in [0.717, 1.165) is 62.2 Å². The molecule has 2 N–H and O–H groups in total. The number of anilines is 1. The highest BCUT2D eigenvalue weighted by molar-refractivity contribution is 6.30. The van der Waals surface area contributed by atoms with Crippen LogP contribution in [0.25, 0.3) is 0 Å². The summed E-state index contributed by atoms with van der Waals surface area (Å²) < 4.78 is 0. The first kappa shape index (κ1) is 16.3. The normalized spacial score (nSPS) is 16.0. The van der Waals surface area contributed by atoms with Gasteiger partial charge in [0, 0.05) is 62.2 Å². The summed E-state index contributed by atoms with van der Waals surface area (Å²) in [6, 6.07) is 10.2. The van der Waals surface area contributed by atoms with Gasteiger partial charge in [-0.1, -0.05) is 17.7 Å². The molecule has 3 rings (SSSR count). The molecule has 0 aliphatic carbocycles. The summed E-state index contributed by atoms with van der Waals surface area (Å²) in [5.74, 6) is 0. The number of benzene rings is 1. The summed E-state index contributed by atoms with van der Waals surface area (Å²) in [4.78, 5) is 4.91. The number of nitrogens with one attached hydrogen (secondary N) is 2. The van der Waals surface area contributed by atoms with Crippen LogP contribution in [0.5, 0.6) is 0 Å². The molecule has 1 aliphatic rings. The number of H-pyrrole nitrogens is 1. The SMILES string of the molecule is Cc1cc(CNCCN2CCN(c3cccc(Cl)c3)CC2)n[nH]1. The lowest BCUT2D eigenvalue weighted by atomic mass is 10.2. The van der Waals surface area contributed by atoms with Gasteiger partial charge in [-0.05, 0) is 31.2 Å². The van der Waals surface area contributed by atoms with Crippen molar-refractivity contribution in [2.45, 2.75) is 13.5 Å². The Hall–Kier alpha value is -1.56. The standard InChI is InChI=1S/C17H24ClN5/c1-14-11-16(21-20-14)13-19-5-6-22-7-9-23(10-8-22)17-4-2-3-15(18)12-17/h2-4,11-12,19H,5-10,13H2,1H3,(H,20,21). The van der Waals surface area contributed by atoms with Gasteiger partial charge in [0.2, 0.25) is 0 Å². The van der Waals surface area contributed by atoms with Gasteiger partial charge in [0.15, 0.2) is 0 Å². The zero-order valence-corrected chi connectivity index (χ0v) is 14.3. The van der Waals surface area contributed by atoms with Crippen LogP contribution >= 0.6 is 11.6 Å². The van der Waals surface area contributed by atoms with Crippen LogP contribution in [-0.2, 0) is 6.54 Å². The summed E-state index contributed by atoms with van der Waals surface area (Å²) >= 11 is 6.08. The Morgan fingerprint density at radius 2 is 2.04 bits per heavy atom. The van der Waals surface area contributed by atoms with E-state index < -0.39 is 0 Å². The van der Waals surface area contributed by atoms with E-state index in [4.69, 9.17) is 11.6 Å². The molecular formula is C17H24ClN5. The van der Waals surface area contributed by atoms with Gasteiger partial charge in [-0.3, -0.25) is 10.00 Å². The molecule has 2 aromatic rings. The Kier molecular flexibility index (Phi) is 5.54. The molecular weight excluding hydrogens is 310 g/mol. The lowest BCUT2D eigenvalue weighted by molar-refractivity contribution is 0.257. The Balaban J connectivity index is 1.36. The maximum atomic E-state index is 6.08. The number of hydrogen-bond acceptors (Lipinski definition) is 4. The summed E-state index contributed by atoms with van der Waals surface area (Å²) in [7, 11) is 0. The minimum absolute atomic E-state index is 0.808. The summed E-state index contributed by atoms with van der Waals surface area (Å²) in [5.41, 5.74) is 3.41. The van der Waals surface area contributed by atoms with Crippen molar-refractivity contribution in [3.05, 3.63) is 46.7 Å². The zero-order valence-electron chi connectivity index (χ0n) is 13.6. The first-order chi connectivity index (χ1) is 11.2. The number of aromatic nitrogens is 2. The average molecular weight is 334 g/mol. The molecule has 1 aromatic carbocycles. The van der Waals surface area contributed by atoms with Crippen LogP contribution in [0, 0.1) is 6.92 Å². The molecule has 0 radical (unpaired) electrons. The largest absolute Gasteiger partial charge is 0.369 e. The van der Waals surface area contributed by atoms with Gasteiger partial charge in [-0.15, -0.1) is 0 Å². The van der Waals surface area contributed by atoms with E-state index in [2.05, 4.69) is 37.4 Å². The molecule has 0 atom stereocenters. The van der Waals surface area contributed by atoms with Gasteiger partial charge in [0.1, 0.15) is 0 Å². The molecule has 0 amide bonds. The second-order valence-corrected chi connectivity index (χ2v) is 6.46. The molecule has 0 spiro atoms. The number of rotatable bonds is 6. The number of aromatic amines is 1. The van der Waals surface area contributed by atoms with Crippen LogP contribution < -0.4 is 10.2 Å². The lowest BCUT2D eigenvalue weighted by Crippen LogP contribution is -2.48. The van der Waals surface area contributed by atoms with Crippen LogP contribution in [0.1, 0.15) is 11.4 Å². The van der Waals surface area contributed by atoms with Crippen LogP contribution in [0.4, 0.5) is 5.69 Å². The fraction of sp³-hybridized carbons (Fsp3) is 0.471. The minimum atomic E-state index is 0.808. The monoisotopic (exact) mass is 333 g/mol. The van der Waals surface area contributed by atoms with Crippen LogP contribution in [-0.4, -0.2) is 54.4 Å². The third-order valence-electron chi connectivity index (χ3n) is 4.22. The minimum Gasteiger partial charge on any atom is -0.369 e. The fourth-order valence-corrected chi connectivity index (χ4v) is 3.11. The number of nitrogens with zero attached hydrogens (tertiary/aromatic N) is 3. The number of hydrogen-bond donors (Lipinski definition) is 2. The van der Waals surface area contributed by atoms with Gasteiger partial charge < -0.3 is 10.2 Å². The molecule has 23 heavy (non-hydrogen) atoms. The van der Waals surface area contributed by atoms with Gasteiger partial charge >= 0.3 is 0 Å². The van der Waals surface area contributed by atoms with E-state index in [9.17, 15) is 0 Å². The maximum Gasteiger partial charge on any atom is 0.0762 e. The molecule has 2 heterocycles. The summed E-state index contributed by atoms with van der Waals surface area (Å²) in [6.07, 6.45) is 0. The number of piperazine rings is 1. The Morgan fingerprint density at radius 1 is 1.22 bits per heavy atom. The van der Waals surface area contributed by atoms with E-state index in [0.29, 0.717) is 0 Å².